The summed E-state index contributed by atoms with van der Waals surface area (Å²) in [6, 6.07) is 5.20. The summed E-state index contributed by atoms with van der Waals surface area (Å²) >= 11 is 0. The van der Waals surface area contributed by atoms with Crippen LogP contribution in [-0.2, 0) is 0 Å². The van der Waals surface area contributed by atoms with Gasteiger partial charge in [-0.2, -0.15) is 0 Å². The number of pyridine rings is 1. The lowest BCUT2D eigenvalue weighted by atomic mass is 10.5. The van der Waals surface area contributed by atoms with E-state index >= 15 is 0 Å². The molecule has 0 aromatic carbocycles. The molecule has 1 heterocycles. The molecular weight excluding hydrogens is 140 g/mol. The van der Waals surface area contributed by atoms with E-state index in [0.29, 0.717) is 5.49 Å². The van der Waals surface area contributed by atoms with E-state index in [2.05, 4.69) is 5.53 Å². The van der Waals surface area contributed by atoms with Crippen molar-refractivity contribution in [2.45, 2.75) is 13.8 Å². The Balaban J connectivity index is 0.000000461. The minimum absolute atomic E-state index is 0.333. The van der Waals surface area contributed by atoms with Crippen LogP contribution in [0.4, 0.5) is 0 Å². The average Bonchev–Trinajstić information content (AvgIpc) is 2.09. The van der Waals surface area contributed by atoms with E-state index in [0.717, 1.165) is 0 Å². The van der Waals surface area contributed by atoms with Crippen LogP contribution >= 0.6 is 0 Å². The van der Waals surface area contributed by atoms with Gasteiger partial charge >= 0.3 is 0 Å². The van der Waals surface area contributed by atoms with Crippen molar-refractivity contribution in [2.24, 2.45) is 5.84 Å². The van der Waals surface area contributed by atoms with Crippen LogP contribution in [0.15, 0.2) is 24.4 Å². The summed E-state index contributed by atoms with van der Waals surface area (Å²) in [5, 5.41) is 7.19. The lowest BCUT2D eigenvalue weighted by Crippen LogP contribution is -2.31. The highest BCUT2D eigenvalue weighted by molar-refractivity contribution is 4.92. The molecule has 0 aliphatic heterocycles. The van der Waals surface area contributed by atoms with Crippen LogP contribution in [0.1, 0.15) is 13.8 Å². The molecule has 0 spiro atoms. The van der Waals surface area contributed by atoms with Gasteiger partial charge in [0.1, 0.15) is 5.49 Å². The number of aromatic nitrogens is 1. The molecule has 0 aliphatic carbocycles. The normalized spacial score (nSPS) is 7.91. The SMILES string of the molecule is CC.N=c1ccccn1NN. The number of nitrogens with two attached hydrogens (primary N) is 1. The van der Waals surface area contributed by atoms with Crippen molar-refractivity contribution in [2.75, 3.05) is 5.53 Å². The molecule has 0 amide bonds. The van der Waals surface area contributed by atoms with Gasteiger partial charge in [0.2, 0.25) is 0 Å². The molecule has 0 aliphatic rings. The molecule has 4 nitrogen and oxygen atoms in total. The molecule has 0 bridgehead atoms. The van der Waals surface area contributed by atoms with E-state index in [4.69, 9.17) is 11.3 Å². The van der Waals surface area contributed by atoms with Crippen LogP contribution in [0.5, 0.6) is 0 Å². The van der Waals surface area contributed by atoms with Crippen molar-refractivity contribution in [3.63, 3.8) is 0 Å². The molecule has 11 heavy (non-hydrogen) atoms. The van der Waals surface area contributed by atoms with Crippen molar-refractivity contribution in [1.29, 1.82) is 5.41 Å². The molecule has 1 aromatic rings. The van der Waals surface area contributed by atoms with Gasteiger partial charge in [0.25, 0.3) is 0 Å². The smallest absolute Gasteiger partial charge is 0.144 e. The molecule has 4 N–H and O–H groups in total. The van der Waals surface area contributed by atoms with Crippen molar-refractivity contribution in [3.05, 3.63) is 29.9 Å². The van der Waals surface area contributed by atoms with Crippen LogP contribution in [0.2, 0.25) is 0 Å². The average molecular weight is 154 g/mol. The number of hydrogen-bond donors (Lipinski definition) is 3. The molecule has 0 saturated carbocycles. The number of nitrogen functional groups attached to an aromatic ring is 1. The van der Waals surface area contributed by atoms with E-state index in [1.54, 1.807) is 24.4 Å². The van der Waals surface area contributed by atoms with Crippen molar-refractivity contribution >= 4 is 0 Å². The van der Waals surface area contributed by atoms with Crippen molar-refractivity contribution in [1.82, 2.24) is 4.68 Å². The molecular formula is C7H14N4. The third-order valence-corrected chi connectivity index (χ3v) is 0.999. The highest BCUT2D eigenvalue weighted by Crippen LogP contribution is 1.73. The zero-order valence-electron chi connectivity index (χ0n) is 6.83. The van der Waals surface area contributed by atoms with Crippen LogP contribution < -0.4 is 16.9 Å². The summed E-state index contributed by atoms with van der Waals surface area (Å²) in [6.07, 6.45) is 1.67. The predicted octanol–water partition coefficient (Wildman–Crippen LogP) is 0.411. The molecule has 0 fully saturated rings. The number of rotatable bonds is 1. The first-order chi connectivity index (χ1) is 5.34. The summed E-state index contributed by atoms with van der Waals surface area (Å²) in [5.74, 6) is 5.04. The van der Waals surface area contributed by atoms with E-state index < -0.39 is 0 Å². The highest BCUT2D eigenvalue weighted by atomic mass is 15.6. The Kier molecular flexibility index (Phi) is 4.85. The van der Waals surface area contributed by atoms with Gasteiger partial charge in [-0.3, -0.25) is 10.9 Å². The molecule has 4 heteroatoms. The van der Waals surface area contributed by atoms with E-state index in [1.807, 2.05) is 13.8 Å². The Morgan fingerprint density at radius 3 is 2.45 bits per heavy atom. The maximum absolute atomic E-state index is 7.19. The summed E-state index contributed by atoms with van der Waals surface area (Å²) in [6.45, 7) is 4.00. The third kappa shape index (κ3) is 2.86. The number of hydrogen-bond acceptors (Lipinski definition) is 3. The molecule has 0 saturated heterocycles. The first-order valence-electron chi connectivity index (χ1n) is 3.53. The molecule has 0 radical (unpaired) electrons. The highest BCUT2D eigenvalue weighted by Gasteiger charge is 1.80. The maximum Gasteiger partial charge on any atom is 0.144 e. The second kappa shape index (κ2) is 5.49. The molecule has 1 rings (SSSR count). The van der Waals surface area contributed by atoms with Crippen LogP contribution in [0.25, 0.3) is 0 Å². The second-order valence-electron chi connectivity index (χ2n) is 1.58. The van der Waals surface area contributed by atoms with Gasteiger partial charge in [-0.1, -0.05) is 19.9 Å². The summed E-state index contributed by atoms with van der Waals surface area (Å²) in [5.41, 5.74) is 2.66. The number of nitrogens with zero attached hydrogens (tertiary/aromatic N) is 1. The summed E-state index contributed by atoms with van der Waals surface area (Å²) < 4.78 is 1.40. The maximum atomic E-state index is 7.19. The van der Waals surface area contributed by atoms with Gasteiger partial charge in [-0.15, -0.1) is 0 Å². The van der Waals surface area contributed by atoms with Crippen LogP contribution in [0, 0.1) is 5.41 Å². The summed E-state index contributed by atoms with van der Waals surface area (Å²) in [4.78, 5) is 0. The quantitative estimate of drug-likeness (QED) is 0.405. The fourth-order valence-electron chi connectivity index (χ4n) is 0.556. The molecule has 0 atom stereocenters. The Hall–Kier alpha value is -1.29. The zero-order chi connectivity index (χ0) is 8.69. The van der Waals surface area contributed by atoms with E-state index in [9.17, 15) is 0 Å². The van der Waals surface area contributed by atoms with Gasteiger partial charge in [-0.25, -0.2) is 10.5 Å². The van der Waals surface area contributed by atoms with Gasteiger partial charge in [0.05, 0.1) is 0 Å². The molecule has 1 aromatic heterocycles. The summed E-state index contributed by atoms with van der Waals surface area (Å²) in [7, 11) is 0. The minimum Gasteiger partial charge on any atom is -0.283 e. The first-order valence-corrected chi connectivity index (χ1v) is 3.53. The number of nitrogens with one attached hydrogen (secondary N) is 2. The van der Waals surface area contributed by atoms with Gasteiger partial charge in [0, 0.05) is 6.20 Å². The first kappa shape index (κ1) is 9.71. The Morgan fingerprint density at radius 2 is 2.09 bits per heavy atom. The van der Waals surface area contributed by atoms with E-state index in [-0.39, 0.29) is 0 Å². The zero-order valence-corrected chi connectivity index (χ0v) is 6.83. The lowest BCUT2D eigenvalue weighted by molar-refractivity contribution is 0.799. The Labute approximate surface area is 66.1 Å². The largest absolute Gasteiger partial charge is 0.283 e. The standard InChI is InChI=1S/C5H8N4.C2H6/c6-5-3-1-2-4-9(5)8-7;1-2/h1-4,6,8H,7H2;1-2H3. The predicted molar refractivity (Wildman–Crippen MR) is 45.2 cm³/mol. The van der Waals surface area contributed by atoms with Gasteiger partial charge in [-0.05, 0) is 12.1 Å². The van der Waals surface area contributed by atoms with Crippen molar-refractivity contribution < 1.29 is 0 Å². The topological polar surface area (TPSA) is 66.8 Å². The lowest BCUT2D eigenvalue weighted by Gasteiger charge is -2.01. The van der Waals surface area contributed by atoms with Gasteiger partial charge in [0.15, 0.2) is 0 Å². The van der Waals surface area contributed by atoms with Crippen molar-refractivity contribution in [3.8, 4) is 0 Å². The Bertz CT molecular complexity index is 240. The molecule has 0 unspecified atom stereocenters. The number of hydrazine groups is 1. The van der Waals surface area contributed by atoms with E-state index in [1.165, 1.54) is 4.68 Å². The minimum atomic E-state index is 0.333. The van der Waals surface area contributed by atoms with Crippen LogP contribution in [-0.4, -0.2) is 4.68 Å². The third-order valence-electron chi connectivity index (χ3n) is 0.999. The second-order valence-corrected chi connectivity index (χ2v) is 1.58. The van der Waals surface area contributed by atoms with Crippen LogP contribution in [0.3, 0.4) is 0 Å². The monoisotopic (exact) mass is 154 g/mol. The van der Waals surface area contributed by atoms with Gasteiger partial charge < -0.3 is 0 Å². The Morgan fingerprint density at radius 1 is 1.45 bits per heavy atom. The molecule has 62 valence electrons. The fraction of sp³-hybridized carbons (Fsp3) is 0.286. The fourth-order valence-corrected chi connectivity index (χ4v) is 0.556.